The highest BCUT2D eigenvalue weighted by atomic mass is 16.5. The van der Waals surface area contributed by atoms with E-state index in [-0.39, 0.29) is 11.5 Å². The van der Waals surface area contributed by atoms with Gasteiger partial charge >= 0.3 is 0 Å². The molecule has 0 heterocycles. The molecule has 0 bridgehead atoms. The molecule has 2 aromatic carbocycles. The maximum absolute atomic E-state index is 11.3. The second-order valence-corrected chi connectivity index (χ2v) is 7.45. The molecular weight excluding hydrogens is 342 g/mol. The standard InChI is InChI=1S/C21H27N3O3/c1-21(2,3)16-6-10-17(11-7-16)22-13-12-19(14-25)23-18-8-4-15(5-9-18)20(26)24-27/h4-11,14,19,22-23,27H,12-13H2,1-3H3,(H,24,26). The topological polar surface area (TPSA) is 90.5 Å². The molecule has 6 heteroatoms. The van der Waals surface area contributed by atoms with Crippen LogP contribution in [0.4, 0.5) is 11.4 Å². The molecule has 0 spiro atoms. The number of hydrogen-bond donors (Lipinski definition) is 4. The summed E-state index contributed by atoms with van der Waals surface area (Å²) in [6.07, 6.45) is 1.49. The lowest BCUT2D eigenvalue weighted by molar-refractivity contribution is -0.108. The molecule has 0 aromatic heterocycles. The van der Waals surface area contributed by atoms with E-state index in [2.05, 4.69) is 55.7 Å². The number of benzene rings is 2. The number of carbonyl (C=O) groups is 2. The largest absolute Gasteiger partial charge is 0.385 e. The van der Waals surface area contributed by atoms with Gasteiger partial charge in [0.25, 0.3) is 5.91 Å². The summed E-state index contributed by atoms with van der Waals surface area (Å²) in [4.78, 5) is 22.6. The predicted molar refractivity (Wildman–Crippen MR) is 107 cm³/mol. The van der Waals surface area contributed by atoms with Crippen LogP contribution < -0.4 is 16.1 Å². The number of hydrogen-bond acceptors (Lipinski definition) is 5. The van der Waals surface area contributed by atoms with Crippen LogP contribution in [0.25, 0.3) is 0 Å². The van der Waals surface area contributed by atoms with Gasteiger partial charge in [0.15, 0.2) is 0 Å². The lowest BCUT2D eigenvalue weighted by Gasteiger charge is -2.19. The zero-order valence-corrected chi connectivity index (χ0v) is 16.0. The Morgan fingerprint density at radius 2 is 1.63 bits per heavy atom. The minimum atomic E-state index is -0.574. The Morgan fingerprint density at radius 3 is 2.15 bits per heavy atom. The molecule has 0 aliphatic heterocycles. The molecular formula is C21H27N3O3. The van der Waals surface area contributed by atoms with Crippen molar-refractivity contribution in [3.63, 3.8) is 0 Å². The molecule has 6 nitrogen and oxygen atoms in total. The Labute approximate surface area is 159 Å². The van der Waals surface area contributed by atoms with E-state index < -0.39 is 5.91 Å². The molecule has 27 heavy (non-hydrogen) atoms. The normalized spacial score (nSPS) is 12.1. The van der Waals surface area contributed by atoms with Crippen LogP contribution in [0.5, 0.6) is 0 Å². The van der Waals surface area contributed by atoms with Crippen molar-refractivity contribution < 1.29 is 14.8 Å². The lowest BCUT2D eigenvalue weighted by Crippen LogP contribution is -2.24. The van der Waals surface area contributed by atoms with E-state index in [9.17, 15) is 9.59 Å². The second kappa shape index (κ2) is 9.19. The molecule has 2 rings (SSSR count). The van der Waals surface area contributed by atoms with Gasteiger partial charge in [-0.1, -0.05) is 32.9 Å². The fourth-order valence-corrected chi connectivity index (χ4v) is 2.63. The summed E-state index contributed by atoms with van der Waals surface area (Å²) in [5, 5.41) is 15.1. The number of hydroxylamine groups is 1. The molecule has 2 aromatic rings. The Bertz CT molecular complexity index is 750. The van der Waals surface area contributed by atoms with Crippen molar-refractivity contribution >= 4 is 23.6 Å². The molecule has 0 aliphatic rings. The van der Waals surface area contributed by atoms with E-state index in [0.717, 1.165) is 17.7 Å². The highest BCUT2D eigenvalue weighted by Crippen LogP contribution is 2.23. The van der Waals surface area contributed by atoms with E-state index in [4.69, 9.17) is 5.21 Å². The fraction of sp³-hybridized carbons (Fsp3) is 0.333. The van der Waals surface area contributed by atoms with Gasteiger partial charge in [-0.25, -0.2) is 5.48 Å². The first-order valence-corrected chi connectivity index (χ1v) is 8.94. The first kappa shape index (κ1) is 20.5. The first-order chi connectivity index (χ1) is 12.8. The summed E-state index contributed by atoms with van der Waals surface area (Å²) in [6, 6.07) is 14.5. The van der Waals surface area contributed by atoms with Crippen molar-refractivity contribution in [2.24, 2.45) is 0 Å². The Morgan fingerprint density at radius 1 is 1.04 bits per heavy atom. The van der Waals surface area contributed by atoms with Gasteiger partial charge in [0.1, 0.15) is 6.29 Å². The van der Waals surface area contributed by atoms with Crippen molar-refractivity contribution in [3.8, 4) is 0 Å². The zero-order chi connectivity index (χ0) is 19.9. The predicted octanol–water partition coefficient (Wildman–Crippen LogP) is 3.58. The van der Waals surface area contributed by atoms with Gasteiger partial charge in [-0.15, -0.1) is 0 Å². The van der Waals surface area contributed by atoms with Crippen LogP contribution in [0.15, 0.2) is 48.5 Å². The van der Waals surface area contributed by atoms with Gasteiger partial charge in [-0.05, 0) is 53.8 Å². The molecule has 0 radical (unpaired) electrons. The number of rotatable bonds is 8. The van der Waals surface area contributed by atoms with E-state index in [1.54, 1.807) is 29.7 Å². The van der Waals surface area contributed by atoms with Crippen molar-refractivity contribution in [1.82, 2.24) is 5.48 Å². The molecule has 1 amide bonds. The quantitative estimate of drug-likeness (QED) is 0.324. The van der Waals surface area contributed by atoms with Crippen LogP contribution >= 0.6 is 0 Å². The van der Waals surface area contributed by atoms with E-state index >= 15 is 0 Å². The van der Waals surface area contributed by atoms with Gasteiger partial charge in [-0.3, -0.25) is 10.0 Å². The third kappa shape index (κ3) is 6.11. The van der Waals surface area contributed by atoms with E-state index in [1.165, 1.54) is 5.56 Å². The summed E-state index contributed by atoms with van der Waals surface area (Å²) in [5.41, 5.74) is 5.08. The van der Waals surface area contributed by atoms with Crippen LogP contribution in [-0.2, 0) is 10.2 Å². The zero-order valence-electron chi connectivity index (χ0n) is 16.0. The van der Waals surface area contributed by atoms with Crippen LogP contribution in [0.1, 0.15) is 43.1 Å². The van der Waals surface area contributed by atoms with Gasteiger partial charge in [0.05, 0.1) is 6.04 Å². The SMILES string of the molecule is CC(C)(C)c1ccc(NCCC(C=O)Nc2ccc(C(=O)NO)cc2)cc1. The van der Waals surface area contributed by atoms with Gasteiger partial charge in [0.2, 0.25) is 0 Å². The average Bonchev–Trinajstić information content (AvgIpc) is 2.66. The second-order valence-electron chi connectivity index (χ2n) is 7.45. The van der Waals surface area contributed by atoms with Crippen LogP contribution in [-0.4, -0.2) is 30.0 Å². The first-order valence-electron chi connectivity index (χ1n) is 8.94. The van der Waals surface area contributed by atoms with Crippen molar-refractivity contribution in [3.05, 3.63) is 59.7 Å². The number of anilines is 2. The Hall–Kier alpha value is -2.86. The Balaban J connectivity index is 1.85. The molecule has 0 saturated carbocycles. The summed E-state index contributed by atoms with van der Waals surface area (Å²) in [5.74, 6) is -0.574. The minimum absolute atomic E-state index is 0.123. The number of amides is 1. The maximum atomic E-state index is 11.3. The van der Waals surface area contributed by atoms with Gasteiger partial charge < -0.3 is 15.4 Å². The van der Waals surface area contributed by atoms with Crippen LogP contribution in [0.2, 0.25) is 0 Å². The molecule has 1 atom stereocenters. The van der Waals surface area contributed by atoms with Crippen LogP contribution in [0.3, 0.4) is 0 Å². The molecule has 4 N–H and O–H groups in total. The molecule has 144 valence electrons. The third-order valence-electron chi connectivity index (χ3n) is 4.30. The van der Waals surface area contributed by atoms with Gasteiger partial charge in [0, 0.05) is 23.5 Å². The fourth-order valence-electron chi connectivity index (χ4n) is 2.63. The monoisotopic (exact) mass is 369 g/mol. The lowest BCUT2D eigenvalue weighted by atomic mass is 9.87. The molecule has 0 aliphatic carbocycles. The average molecular weight is 369 g/mol. The molecule has 1 unspecified atom stereocenters. The number of carbonyl (C=O) groups excluding carboxylic acids is 2. The van der Waals surface area contributed by atoms with Crippen LogP contribution in [0, 0.1) is 0 Å². The van der Waals surface area contributed by atoms with E-state index in [1.807, 2.05) is 0 Å². The van der Waals surface area contributed by atoms with E-state index in [0.29, 0.717) is 18.5 Å². The third-order valence-corrected chi connectivity index (χ3v) is 4.30. The minimum Gasteiger partial charge on any atom is -0.385 e. The highest BCUT2D eigenvalue weighted by Gasteiger charge is 2.13. The summed E-state index contributed by atoms with van der Waals surface area (Å²) in [6.45, 7) is 7.19. The maximum Gasteiger partial charge on any atom is 0.274 e. The number of aldehydes is 1. The molecule has 0 fully saturated rings. The summed E-state index contributed by atoms with van der Waals surface area (Å²) >= 11 is 0. The van der Waals surface area contributed by atoms with Gasteiger partial charge in [-0.2, -0.15) is 0 Å². The van der Waals surface area contributed by atoms with Crippen molar-refractivity contribution in [2.45, 2.75) is 38.6 Å². The molecule has 0 saturated heterocycles. The smallest absolute Gasteiger partial charge is 0.274 e. The highest BCUT2D eigenvalue weighted by molar-refractivity contribution is 5.93. The number of nitrogens with one attached hydrogen (secondary N) is 3. The van der Waals surface area contributed by atoms with Crippen molar-refractivity contribution in [2.75, 3.05) is 17.2 Å². The summed E-state index contributed by atoms with van der Waals surface area (Å²) in [7, 11) is 0. The summed E-state index contributed by atoms with van der Waals surface area (Å²) < 4.78 is 0. The van der Waals surface area contributed by atoms with Crippen molar-refractivity contribution in [1.29, 1.82) is 0 Å². The Kier molecular flexibility index (Phi) is 6.96.